The van der Waals surface area contributed by atoms with Gasteiger partial charge in [-0.05, 0) is 110 Å². The summed E-state index contributed by atoms with van der Waals surface area (Å²) in [6.45, 7) is 4.54. The highest BCUT2D eigenvalue weighted by Gasteiger charge is 2.23. The molecule has 47 heavy (non-hydrogen) atoms. The molecule has 0 aliphatic heterocycles. The van der Waals surface area contributed by atoms with E-state index in [1.165, 1.54) is 133 Å². The number of unbranched alkanes of at least 4 members (excludes halogenated alkanes) is 7. The van der Waals surface area contributed by atoms with Gasteiger partial charge in [0.2, 0.25) is 12.9 Å². The monoisotopic (exact) mass is 659 g/mol. The second-order valence-corrected chi connectivity index (χ2v) is 14.8. The fourth-order valence-electron chi connectivity index (χ4n) is 7.93. The molecule has 0 N–H and O–H groups in total. The molecule has 2 aromatic carbocycles. The molecule has 266 valence electrons. The summed E-state index contributed by atoms with van der Waals surface area (Å²) in [6.07, 6.45) is 22.5. The van der Waals surface area contributed by atoms with Crippen LogP contribution in [0.15, 0.2) is 48.5 Å². The predicted molar refractivity (Wildman–Crippen MR) is 193 cm³/mol. The Labute approximate surface area is 285 Å². The van der Waals surface area contributed by atoms with Gasteiger partial charge in [-0.25, -0.2) is 17.6 Å². The van der Waals surface area contributed by atoms with Crippen LogP contribution in [0.3, 0.4) is 0 Å². The molecular weight excluding hydrogens is 592 g/mol. The van der Waals surface area contributed by atoms with Gasteiger partial charge in [-0.15, -0.1) is 0 Å². The fraction of sp³-hybridized carbons (Fsp3) is 0.721. The Bertz CT molecular complexity index is 1010. The maximum absolute atomic E-state index is 12.3. The van der Waals surface area contributed by atoms with Crippen LogP contribution in [0.5, 0.6) is 0 Å². The molecule has 0 nitrogen and oxygen atoms in total. The van der Waals surface area contributed by atoms with E-state index in [1.807, 2.05) is 0 Å². The van der Waals surface area contributed by atoms with E-state index in [2.05, 4.69) is 62.4 Å². The maximum Gasteiger partial charge on any atom is 0.239 e. The number of aryl methyl sites for hydroxylation is 2. The molecule has 0 amide bonds. The number of alkyl halides is 4. The van der Waals surface area contributed by atoms with Gasteiger partial charge in [0.1, 0.15) is 0 Å². The first-order valence-corrected chi connectivity index (χ1v) is 19.6. The van der Waals surface area contributed by atoms with E-state index >= 15 is 0 Å². The van der Waals surface area contributed by atoms with Crippen LogP contribution in [0, 0.1) is 11.8 Å². The van der Waals surface area contributed by atoms with Crippen molar-refractivity contribution in [1.29, 1.82) is 0 Å². The average molecular weight is 659 g/mol. The van der Waals surface area contributed by atoms with Crippen molar-refractivity contribution in [3.63, 3.8) is 0 Å². The van der Waals surface area contributed by atoms with E-state index in [0.29, 0.717) is 24.7 Å². The van der Waals surface area contributed by atoms with Crippen LogP contribution in [0.4, 0.5) is 17.6 Å². The van der Waals surface area contributed by atoms with Crippen molar-refractivity contribution >= 4 is 0 Å². The zero-order valence-electron chi connectivity index (χ0n) is 29.9. The number of hydrogen-bond donors (Lipinski definition) is 0. The second-order valence-electron chi connectivity index (χ2n) is 14.8. The Hall–Kier alpha value is -1.84. The predicted octanol–water partition coefficient (Wildman–Crippen LogP) is 14.6. The first kappa shape index (κ1) is 39.6. The van der Waals surface area contributed by atoms with Gasteiger partial charge >= 0.3 is 0 Å². The van der Waals surface area contributed by atoms with Gasteiger partial charge in [0.05, 0.1) is 0 Å². The lowest BCUT2D eigenvalue weighted by Gasteiger charge is -2.29. The number of halogens is 4. The summed E-state index contributed by atoms with van der Waals surface area (Å²) >= 11 is 0. The summed E-state index contributed by atoms with van der Waals surface area (Å²) < 4.78 is 49.1. The zero-order chi connectivity index (χ0) is 33.7. The minimum Gasteiger partial charge on any atom is -0.211 e. The molecule has 0 unspecified atom stereocenters. The van der Waals surface area contributed by atoms with E-state index in [9.17, 15) is 17.6 Å². The molecule has 2 aromatic rings. The fourth-order valence-corrected chi connectivity index (χ4v) is 7.93. The van der Waals surface area contributed by atoms with Crippen LogP contribution in [-0.4, -0.2) is 12.9 Å². The Morgan fingerprint density at radius 3 is 1.15 bits per heavy atom. The Morgan fingerprint density at radius 1 is 0.468 bits per heavy atom. The molecule has 0 aromatic heterocycles. The highest BCUT2D eigenvalue weighted by atomic mass is 19.3. The summed E-state index contributed by atoms with van der Waals surface area (Å²) in [4.78, 5) is 0. The van der Waals surface area contributed by atoms with Crippen LogP contribution in [0.2, 0.25) is 0 Å². The van der Waals surface area contributed by atoms with Crippen molar-refractivity contribution in [1.82, 2.24) is 0 Å². The summed E-state index contributed by atoms with van der Waals surface area (Å²) in [6, 6.07) is 16.9. The minimum absolute atomic E-state index is 0.0251. The Balaban J connectivity index is 0.000000256. The summed E-state index contributed by atoms with van der Waals surface area (Å²) in [7, 11) is 0. The normalized spacial score (nSPS) is 21.5. The SMILES string of the molecule is CCCCCCC[C@H]1CC[C@H](c2ccc(CCC(F)F)cc2)CC1.CCCCCC[C@H]1CC[C@H](c2ccc(CCC(F)F)cc2)CC1. The van der Waals surface area contributed by atoms with Crippen molar-refractivity contribution < 1.29 is 17.6 Å². The van der Waals surface area contributed by atoms with Crippen molar-refractivity contribution in [2.24, 2.45) is 11.8 Å². The molecular formula is C43H66F4. The number of benzene rings is 2. The van der Waals surface area contributed by atoms with Crippen molar-refractivity contribution in [3.8, 4) is 0 Å². The molecule has 0 radical (unpaired) electrons. The van der Waals surface area contributed by atoms with Gasteiger partial charge in [0.25, 0.3) is 0 Å². The summed E-state index contributed by atoms with van der Waals surface area (Å²) in [5.41, 5.74) is 4.91. The molecule has 0 spiro atoms. The highest BCUT2D eigenvalue weighted by molar-refractivity contribution is 5.27. The van der Waals surface area contributed by atoms with E-state index in [4.69, 9.17) is 0 Å². The third kappa shape index (κ3) is 16.4. The molecule has 0 heterocycles. The van der Waals surface area contributed by atoms with Crippen molar-refractivity contribution in [2.45, 2.75) is 186 Å². The standard InChI is InChI=1S/C22H34F2.C21H32F2/c1-2-3-4-5-6-7-18-8-13-20(14-9-18)21-15-10-19(11-16-21)12-17-22(23)24;1-2-3-4-5-6-17-7-12-19(13-8-17)20-14-9-18(10-15-20)11-16-21(22)23/h10-11,15-16,18,20,22H,2-9,12-14,17H2,1H3;9-10,14-15,17,19,21H,2-8,11-13,16H2,1H3/t18-,20-;17-,19-. The molecule has 0 saturated heterocycles. The third-order valence-corrected chi connectivity index (χ3v) is 11.1. The first-order valence-electron chi connectivity index (χ1n) is 19.6. The molecule has 0 bridgehead atoms. The van der Waals surface area contributed by atoms with E-state index in [1.54, 1.807) is 0 Å². The first-order chi connectivity index (χ1) is 22.9. The van der Waals surface area contributed by atoms with Gasteiger partial charge in [-0.3, -0.25) is 0 Å². The lowest BCUT2D eigenvalue weighted by Crippen LogP contribution is -2.13. The molecule has 4 rings (SSSR count). The molecule has 2 aliphatic rings. The quantitative estimate of drug-likeness (QED) is 0.104. The van der Waals surface area contributed by atoms with Gasteiger partial charge in [-0.2, -0.15) is 0 Å². The molecule has 2 saturated carbocycles. The van der Waals surface area contributed by atoms with Crippen LogP contribution >= 0.6 is 0 Å². The maximum atomic E-state index is 12.3. The summed E-state index contributed by atoms with van der Waals surface area (Å²) in [5.74, 6) is 3.25. The smallest absolute Gasteiger partial charge is 0.211 e. The van der Waals surface area contributed by atoms with Gasteiger partial charge in [0, 0.05) is 12.8 Å². The molecule has 2 fully saturated rings. The lowest BCUT2D eigenvalue weighted by molar-refractivity contribution is 0.137. The molecule has 2 aliphatic carbocycles. The van der Waals surface area contributed by atoms with Crippen molar-refractivity contribution in [3.05, 3.63) is 70.8 Å². The Kier molecular flexibility index (Phi) is 19.8. The van der Waals surface area contributed by atoms with Crippen LogP contribution in [0.1, 0.15) is 183 Å². The minimum atomic E-state index is -2.19. The zero-order valence-corrected chi connectivity index (χ0v) is 29.9. The third-order valence-electron chi connectivity index (χ3n) is 11.1. The highest BCUT2D eigenvalue weighted by Crippen LogP contribution is 2.39. The number of hydrogen-bond acceptors (Lipinski definition) is 0. The number of rotatable bonds is 19. The lowest BCUT2D eigenvalue weighted by atomic mass is 9.77. The molecule has 0 atom stereocenters. The van der Waals surface area contributed by atoms with Gasteiger partial charge < -0.3 is 0 Å². The molecule has 4 heteroatoms. The van der Waals surface area contributed by atoms with Crippen LogP contribution < -0.4 is 0 Å². The van der Waals surface area contributed by atoms with E-state index in [0.717, 1.165) is 23.0 Å². The largest absolute Gasteiger partial charge is 0.239 e. The van der Waals surface area contributed by atoms with Crippen LogP contribution in [0.25, 0.3) is 0 Å². The van der Waals surface area contributed by atoms with Crippen LogP contribution in [-0.2, 0) is 12.8 Å². The van der Waals surface area contributed by atoms with E-state index < -0.39 is 12.9 Å². The van der Waals surface area contributed by atoms with Crippen molar-refractivity contribution in [2.75, 3.05) is 0 Å². The average Bonchev–Trinajstić information content (AvgIpc) is 3.09. The van der Waals surface area contributed by atoms with Gasteiger partial charge in [-0.1, -0.05) is 133 Å². The van der Waals surface area contributed by atoms with E-state index in [-0.39, 0.29) is 12.8 Å². The second kappa shape index (κ2) is 23.5. The summed E-state index contributed by atoms with van der Waals surface area (Å²) in [5, 5.41) is 0. The van der Waals surface area contributed by atoms with Gasteiger partial charge in [0.15, 0.2) is 0 Å². The Morgan fingerprint density at radius 2 is 0.809 bits per heavy atom. The topological polar surface area (TPSA) is 0 Å².